The predicted molar refractivity (Wildman–Crippen MR) is 80.4 cm³/mol. The lowest BCUT2D eigenvalue weighted by atomic mass is 9.98. The van der Waals surface area contributed by atoms with Crippen LogP contribution in [0, 0.1) is 0 Å². The fourth-order valence-corrected chi connectivity index (χ4v) is 2.16. The third kappa shape index (κ3) is 3.28. The summed E-state index contributed by atoms with van der Waals surface area (Å²) in [5, 5.41) is 10.8. The maximum atomic E-state index is 11.3. The van der Waals surface area contributed by atoms with Crippen molar-refractivity contribution in [3.8, 4) is 0 Å². The van der Waals surface area contributed by atoms with E-state index in [0.717, 1.165) is 10.9 Å². The number of carboxylic acids is 1. The molecule has 108 valence electrons. The molecule has 4 nitrogen and oxygen atoms in total. The predicted octanol–water partition coefficient (Wildman–Crippen LogP) is 3.20. The number of esters is 1. The summed E-state index contributed by atoms with van der Waals surface area (Å²) < 4.78 is 5.08. The second-order valence-corrected chi connectivity index (χ2v) is 4.79. The van der Waals surface area contributed by atoms with Gasteiger partial charge in [0.2, 0.25) is 0 Å². The van der Waals surface area contributed by atoms with E-state index in [9.17, 15) is 14.7 Å². The fraction of sp³-hybridized carbons (Fsp3) is 0.176. The second kappa shape index (κ2) is 6.22. The first-order valence-corrected chi connectivity index (χ1v) is 6.57. The van der Waals surface area contributed by atoms with Gasteiger partial charge in [0, 0.05) is 12.0 Å². The molecule has 0 aliphatic heterocycles. The first-order chi connectivity index (χ1) is 10.0. The van der Waals surface area contributed by atoms with Crippen LogP contribution in [-0.2, 0) is 16.0 Å². The van der Waals surface area contributed by atoms with Crippen molar-refractivity contribution in [1.29, 1.82) is 0 Å². The normalized spacial score (nSPS) is 10.3. The number of benzene rings is 2. The molecular formula is C17H16O4. The van der Waals surface area contributed by atoms with Crippen molar-refractivity contribution in [1.82, 2.24) is 0 Å². The first-order valence-electron chi connectivity index (χ1n) is 6.57. The van der Waals surface area contributed by atoms with Crippen molar-refractivity contribution in [3.05, 3.63) is 59.7 Å². The molecule has 1 N–H and O–H groups in total. The van der Waals surface area contributed by atoms with E-state index in [-0.39, 0.29) is 12.2 Å². The molecule has 21 heavy (non-hydrogen) atoms. The number of hydrogen-bond acceptors (Lipinski definition) is 3. The van der Waals surface area contributed by atoms with E-state index in [1.165, 1.54) is 0 Å². The van der Waals surface area contributed by atoms with Gasteiger partial charge in [-0.05, 0) is 29.3 Å². The number of aromatic carboxylic acids is 1. The van der Waals surface area contributed by atoms with Crippen molar-refractivity contribution in [2.75, 3.05) is 6.61 Å². The number of carboxylic acid groups (broad SMARTS) is 1. The molecule has 0 atom stereocenters. The van der Waals surface area contributed by atoms with Crippen molar-refractivity contribution in [2.45, 2.75) is 13.3 Å². The maximum Gasteiger partial charge on any atom is 0.336 e. The lowest BCUT2D eigenvalue weighted by molar-refractivity contribution is -0.138. The van der Waals surface area contributed by atoms with E-state index in [1.807, 2.05) is 18.2 Å². The Bertz CT molecular complexity index is 716. The van der Waals surface area contributed by atoms with Gasteiger partial charge in [-0.2, -0.15) is 0 Å². The summed E-state index contributed by atoms with van der Waals surface area (Å²) in [6, 6.07) is 10.7. The van der Waals surface area contributed by atoms with E-state index in [1.54, 1.807) is 25.1 Å². The standard InChI is InChI=1S/C17H16O4/c1-11(2)17(20)21-10-9-12-5-3-7-14-13(12)6-4-8-15(14)16(18)19/h3-8H,1,9-10H2,2H3,(H,18,19). The molecule has 0 radical (unpaired) electrons. The molecule has 0 aromatic heterocycles. The Morgan fingerprint density at radius 2 is 1.81 bits per heavy atom. The summed E-state index contributed by atoms with van der Waals surface area (Å²) in [7, 11) is 0. The van der Waals surface area contributed by atoms with Crippen LogP contribution in [0.5, 0.6) is 0 Å². The van der Waals surface area contributed by atoms with Gasteiger partial charge in [-0.1, -0.05) is 36.9 Å². The van der Waals surface area contributed by atoms with Crippen LogP contribution in [0.15, 0.2) is 48.6 Å². The average molecular weight is 284 g/mol. The summed E-state index contributed by atoms with van der Waals surface area (Å²) >= 11 is 0. The topological polar surface area (TPSA) is 63.6 Å². The van der Waals surface area contributed by atoms with Gasteiger partial charge in [-0.3, -0.25) is 0 Å². The SMILES string of the molecule is C=C(C)C(=O)OCCc1cccc2c(C(=O)O)cccc12. The minimum atomic E-state index is -0.952. The zero-order valence-corrected chi connectivity index (χ0v) is 11.8. The highest BCUT2D eigenvalue weighted by molar-refractivity contribution is 6.04. The van der Waals surface area contributed by atoms with Crippen LogP contribution >= 0.6 is 0 Å². The number of ether oxygens (including phenoxy) is 1. The van der Waals surface area contributed by atoms with Crippen LogP contribution in [0.3, 0.4) is 0 Å². The van der Waals surface area contributed by atoms with E-state index in [2.05, 4.69) is 6.58 Å². The molecule has 0 bridgehead atoms. The van der Waals surface area contributed by atoms with E-state index >= 15 is 0 Å². The van der Waals surface area contributed by atoms with Gasteiger partial charge in [0.25, 0.3) is 0 Å². The molecule has 0 saturated heterocycles. The van der Waals surface area contributed by atoms with Gasteiger partial charge in [0.05, 0.1) is 12.2 Å². The van der Waals surface area contributed by atoms with Crippen molar-refractivity contribution < 1.29 is 19.4 Å². The average Bonchev–Trinajstić information content (AvgIpc) is 2.46. The summed E-state index contributed by atoms with van der Waals surface area (Å²) in [5.41, 5.74) is 1.58. The molecule has 2 aromatic rings. The van der Waals surface area contributed by atoms with Gasteiger partial charge >= 0.3 is 11.9 Å². The Morgan fingerprint density at radius 3 is 2.48 bits per heavy atom. The third-order valence-corrected chi connectivity index (χ3v) is 3.20. The number of rotatable bonds is 5. The number of hydrogen-bond donors (Lipinski definition) is 1. The Labute approximate surface area is 122 Å². The monoisotopic (exact) mass is 284 g/mol. The molecule has 4 heteroatoms. The molecule has 0 aliphatic carbocycles. The van der Waals surface area contributed by atoms with Crippen LogP contribution in [0.1, 0.15) is 22.8 Å². The zero-order valence-electron chi connectivity index (χ0n) is 11.8. The number of fused-ring (bicyclic) bond motifs is 1. The van der Waals surface area contributed by atoms with Gasteiger partial charge in [0.1, 0.15) is 0 Å². The Kier molecular flexibility index (Phi) is 4.38. The highest BCUT2D eigenvalue weighted by Crippen LogP contribution is 2.23. The van der Waals surface area contributed by atoms with Gasteiger partial charge in [-0.15, -0.1) is 0 Å². The zero-order chi connectivity index (χ0) is 15.4. The molecule has 0 spiro atoms. The van der Waals surface area contributed by atoms with Gasteiger partial charge in [0.15, 0.2) is 0 Å². The van der Waals surface area contributed by atoms with E-state index in [4.69, 9.17) is 4.74 Å². The lowest BCUT2D eigenvalue weighted by Crippen LogP contribution is -2.08. The minimum Gasteiger partial charge on any atom is -0.478 e. The summed E-state index contributed by atoms with van der Waals surface area (Å²) in [6.45, 7) is 5.36. The molecule has 2 rings (SSSR count). The molecule has 0 unspecified atom stereocenters. The Morgan fingerprint density at radius 1 is 1.14 bits per heavy atom. The largest absolute Gasteiger partial charge is 0.478 e. The van der Waals surface area contributed by atoms with Crippen LogP contribution < -0.4 is 0 Å². The van der Waals surface area contributed by atoms with Crippen molar-refractivity contribution >= 4 is 22.7 Å². The lowest BCUT2D eigenvalue weighted by Gasteiger charge is -2.09. The van der Waals surface area contributed by atoms with Crippen LogP contribution in [-0.4, -0.2) is 23.7 Å². The summed E-state index contributed by atoms with van der Waals surface area (Å²) in [6.07, 6.45) is 0.527. The number of carbonyl (C=O) groups excluding carboxylic acids is 1. The first kappa shape index (κ1) is 14.8. The molecular weight excluding hydrogens is 268 g/mol. The van der Waals surface area contributed by atoms with Crippen LogP contribution in [0.25, 0.3) is 10.8 Å². The van der Waals surface area contributed by atoms with Crippen LogP contribution in [0.2, 0.25) is 0 Å². The number of carbonyl (C=O) groups is 2. The molecule has 0 heterocycles. The minimum absolute atomic E-state index is 0.238. The smallest absolute Gasteiger partial charge is 0.336 e. The molecule has 0 saturated carbocycles. The molecule has 2 aromatic carbocycles. The Balaban J connectivity index is 2.25. The van der Waals surface area contributed by atoms with Gasteiger partial charge < -0.3 is 9.84 Å². The fourth-order valence-electron chi connectivity index (χ4n) is 2.16. The Hall–Kier alpha value is -2.62. The highest BCUT2D eigenvalue weighted by atomic mass is 16.5. The summed E-state index contributed by atoms with van der Waals surface area (Å²) in [4.78, 5) is 22.6. The second-order valence-electron chi connectivity index (χ2n) is 4.79. The third-order valence-electron chi connectivity index (χ3n) is 3.20. The maximum absolute atomic E-state index is 11.3. The van der Waals surface area contributed by atoms with Crippen LogP contribution in [0.4, 0.5) is 0 Å². The quantitative estimate of drug-likeness (QED) is 0.676. The summed E-state index contributed by atoms with van der Waals surface area (Å²) in [5.74, 6) is -1.37. The molecule has 0 amide bonds. The van der Waals surface area contributed by atoms with E-state index < -0.39 is 11.9 Å². The van der Waals surface area contributed by atoms with Gasteiger partial charge in [-0.25, -0.2) is 9.59 Å². The van der Waals surface area contributed by atoms with Crippen molar-refractivity contribution in [2.24, 2.45) is 0 Å². The molecule has 0 aliphatic rings. The van der Waals surface area contributed by atoms with Crippen molar-refractivity contribution in [3.63, 3.8) is 0 Å². The molecule has 0 fully saturated rings. The van der Waals surface area contributed by atoms with E-state index in [0.29, 0.717) is 17.4 Å². The highest BCUT2D eigenvalue weighted by Gasteiger charge is 2.10.